The molecule has 0 aliphatic carbocycles. The maximum absolute atomic E-state index is 14.2. The first kappa shape index (κ1) is 52.6. The normalized spacial score (nSPS) is 10.8. The fourth-order valence-corrected chi connectivity index (χ4v) is 6.77. The fourth-order valence-electron chi connectivity index (χ4n) is 6.77. The van der Waals surface area contributed by atoms with Gasteiger partial charge in [-0.25, -0.2) is 23.7 Å². The van der Waals surface area contributed by atoms with Gasteiger partial charge in [-0.15, -0.1) is 0 Å². The highest BCUT2D eigenvalue weighted by atomic mass is 19.1. The maximum Gasteiger partial charge on any atom is 0.262 e. The summed E-state index contributed by atoms with van der Waals surface area (Å²) in [5, 5.41) is 5.32. The Morgan fingerprint density at radius 2 is 1.32 bits per heavy atom. The number of likely N-dealkylation sites (N-methyl/N-ethyl adjacent to an activating group) is 1. The summed E-state index contributed by atoms with van der Waals surface area (Å²) < 4.78 is 59.7. The molecule has 0 fully saturated rings. The Morgan fingerprint density at radius 1 is 0.708 bits per heavy atom. The molecule has 0 saturated heterocycles. The third kappa shape index (κ3) is 13.9. The van der Waals surface area contributed by atoms with E-state index in [0.717, 1.165) is 16.7 Å². The number of halogens is 2. The summed E-state index contributed by atoms with van der Waals surface area (Å²) in [6, 6.07) is 36.1. The van der Waals surface area contributed by atoms with E-state index in [9.17, 15) is 28.0 Å². The van der Waals surface area contributed by atoms with Crippen molar-refractivity contribution in [2.24, 2.45) is 4.99 Å². The molecule has 0 bridgehead atoms. The van der Waals surface area contributed by atoms with Crippen LogP contribution < -0.4 is 40.7 Å². The molecule has 0 aliphatic rings. The summed E-state index contributed by atoms with van der Waals surface area (Å²) in [7, 11) is 6.11. The van der Waals surface area contributed by atoms with Crippen molar-refractivity contribution in [3.63, 3.8) is 0 Å². The van der Waals surface area contributed by atoms with Gasteiger partial charge in [-0.05, 0) is 19.1 Å². The molecule has 2 aromatic heterocycles. The monoisotopic (exact) mass is 983 g/mol. The van der Waals surface area contributed by atoms with Crippen LogP contribution in [0.3, 0.4) is 0 Å². The van der Waals surface area contributed by atoms with Crippen molar-refractivity contribution in [1.82, 2.24) is 30.6 Å². The number of nitrogens with one attached hydrogen (secondary N) is 4. The van der Waals surface area contributed by atoms with Crippen molar-refractivity contribution in [3.05, 3.63) is 171 Å². The quantitative estimate of drug-likeness (QED) is 0.0303. The number of amidine groups is 1. The van der Waals surface area contributed by atoms with E-state index in [1.165, 1.54) is 32.4 Å². The largest absolute Gasteiger partial charge is 0.491 e. The van der Waals surface area contributed by atoms with Crippen molar-refractivity contribution in [2.45, 2.75) is 6.92 Å². The lowest BCUT2D eigenvalue weighted by molar-refractivity contribution is -0.122. The summed E-state index contributed by atoms with van der Waals surface area (Å²) >= 11 is 0. The fraction of sp³-hybridized carbons (Fsp3) is 0.189. The molecule has 19 heteroatoms. The zero-order valence-corrected chi connectivity index (χ0v) is 39.9. The first-order valence-corrected chi connectivity index (χ1v) is 22.1. The lowest BCUT2D eigenvalue weighted by Gasteiger charge is -2.12. The van der Waals surface area contributed by atoms with Crippen molar-refractivity contribution in [1.29, 1.82) is 0 Å². The van der Waals surface area contributed by atoms with Crippen LogP contribution in [-0.4, -0.2) is 99.5 Å². The highest BCUT2D eigenvalue weighted by Gasteiger charge is 2.17. The van der Waals surface area contributed by atoms with Crippen molar-refractivity contribution in [2.75, 3.05) is 61.4 Å². The van der Waals surface area contributed by atoms with Crippen LogP contribution >= 0.6 is 0 Å². The summed E-state index contributed by atoms with van der Waals surface area (Å²) in [5.41, 5.74) is 3.13. The lowest BCUT2D eigenvalue weighted by atomic mass is 10.1. The second-order valence-electron chi connectivity index (χ2n) is 15.1. The predicted molar refractivity (Wildman–Crippen MR) is 269 cm³/mol. The number of H-pyrrole nitrogens is 2. The number of ether oxygens (including phenoxy) is 6. The third-order valence-electron chi connectivity index (χ3n) is 10.3. The topological polar surface area (TPSA) is 217 Å². The van der Waals surface area contributed by atoms with Gasteiger partial charge in [-0.2, -0.15) is 0 Å². The minimum atomic E-state index is -0.664. The van der Waals surface area contributed by atoms with Gasteiger partial charge >= 0.3 is 0 Å². The Labute approximate surface area is 411 Å². The molecule has 0 unspecified atom stereocenters. The van der Waals surface area contributed by atoms with Crippen LogP contribution in [-0.2, 0) is 19.1 Å². The number of methoxy groups -OCH3 is 3. The standard InChI is InChI=1S/C18H19FN2O3.C18H17N3O4.C17H15FN2O3/c1-13-16(10-15(19)11-17(13)24-9-8-23-2)21-18(20-12-22)14-6-4-3-5-7-14;1-19-14(22)10-25-13-9-8-12-15(16(13)24-2)20-17(21-18(12)23)11-6-4-3-5-7-11;1-22-7-8-23-12-9-13(18)15-14(10-12)19-16(20-17(15)21)11-5-3-2-4-6-11/h3-7,10-12H,8-9H2,1-2H3,(H,20,21,22);3-9H,10H2,1-2H3,(H,19,22)(H,20,21,23);2-6,9-10H,7-8H2,1H3,(H,19,20,21). The molecule has 0 radical (unpaired) electrons. The number of rotatable bonds is 17. The van der Waals surface area contributed by atoms with E-state index in [0.29, 0.717) is 88.9 Å². The highest BCUT2D eigenvalue weighted by Crippen LogP contribution is 2.34. The summed E-state index contributed by atoms with van der Waals surface area (Å²) in [4.78, 5) is 65.5. The molecule has 0 saturated carbocycles. The van der Waals surface area contributed by atoms with Gasteiger partial charge in [0.05, 0.1) is 36.9 Å². The molecular weight excluding hydrogens is 933 g/mol. The van der Waals surface area contributed by atoms with Crippen molar-refractivity contribution in [3.8, 4) is 45.8 Å². The number of carbonyl (C=O) groups is 2. The van der Waals surface area contributed by atoms with E-state index >= 15 is 0 Å². The van der Waals surface area contributed by atoms with Gasteiger partial charge in [0.1, 0.15) is 64.7 Å². The van der Waals surface area contributed by atoms with E-state index in [4.69, 9.17) is 28.4 Å². The molecule has 8 aromatic rings. The number of carbonyl (C=O) groups excluding carboxylic acids is 2. The smallest absolute Gasteiger partial charge is 0.262 e. The van der Waals surface area contributed by atoms with Crippen LogP contribution in [0, 0.1) is 18.6 Å². The number of fused-ring (bicyclic) bond motifs is 2. The molecule has 6 aromatic carbocycles. The predicted octanol–water partition coefficient (Wildman–Crippen LogP) is 7.46. The third-order valence-corrected chi connectivity index (χ3v) is 10.3. The van der Waals surface area contributed by atoms with Gasteiger partial charge in [0.2, 0.25) is 6.41 Å². The molecule has 4 N–H and O–H groups in total. The van der Waals surface area contributed by atoms with Gasteiger partial charge in [-0.3, -0.25) is 19.2 Å². The number of aromatic amines is 2. The maximum atomic E-state index is 14.2. The summed E-state index contributed by atoms with van der Waals surface area (Å²) in [6.45, 7) is 3.00. The molecule has 8 rings (SSSR count). The van der Waals surface area contributed by atoms with Gasteiger partial charge < -0.3 is 49.0 Å². The van der Waals surface area contributed by atoms with Crippen LogP contribution in [0.4, 0.5) is 14.5 Å². The van der Waals surface area contributed by atoms with Crippen LogP contribution in [0.2, 0.25) is 0 Å². The Hall–Kier alpha value is -8.81. The van der Waals surface area contributed by atoms with Crippen LogP contribution in [0.15, 0.2) is 142 Å². The molecule has 0 spiro atoms. The zero-order valence-electron chi connectivity index (χ0n) is 39.9. The molecule has 0 atom stereocenters. The number of hydrogen-bond acceptors (Lipinski definition) is 13. The molecular formula is C53H51F2N7O10. The second-order valence-corrected chi connectivity index (χ2v) is 15.1. The van der Waals surface area contributed by atoms with E-state index in [1.807, 2.05) is 78.9 Å². The number of amides is 2. The Morgan fingerprint density at radius 3 is 1.93 bits per heavy atom. The SMILES string of the molecule is CNC(=O)COc1ccc2c(=O)[nH]c(-c3ccccc3)nc2c1OC.COCCOc1cc(F)c2c(=O)[nH]c(-c3ccccc3)nc2c1.COCCOc1cc(F)cc(N=C(NC=O)c2ccccc2)c1C. The second kappa shape index (κ2) is 26.2. The van der Waals surface area contributed by atoms with Gasteiger partial charge in [0.25, 0.3) is 17.0 Å². The lowest BCUT2D eigenvalue weighted by Crippen LogP contribution is -2.25. The average molecular weight is 984 g/mol. The van der Waals surface area contributed by atoms with Gasteiger partial charge in [0.15, 0.2) is 18.1 Å². The number of aliphatic imine (C=N–C) groups is 1. The van der Waals surface area contributed by atoms with Crippen molar-refractivity contribution < 1.29 is 46.8 Å². The summed E-state index contributed by atoms with van der Waals surface area (Å²) in [6.07, 6.45) is 0.538. The highest BCUT2D eigenvalue weighted by molar-refractivity contribution is 6.05. The molecule has 72 heavy (non-hydrogen) atoms. The minimum absolute atomic E-state index is 0.0798. The van der Waals surface area contributed by atoms with E-state index in [-0.39, 0.29) is 35.6 Å². The van der Waals surface area contributed by atoms with Crippen molar-refractivity contribution >= 4 is 45.6 Å². The van der Waals surface area contributed by atoms with E-state index in [1.54, 1.807) is 51.5 Å². The minimum Gasteiger partial charge on any atom is -0.491 e. The Bertz CT molecular complexity index is 3250. The van der Waals surface area contributed by atoms with Crippen LogP contribution in [0.25, 0.3) is 44.6 Å². The molecule has 372 valence electrons. The number of hydrogen-bond donors (Lipinski definition) is 4. The molecule has 0 aliphatic heterocycles. The summed E-state index contributed by atoms with van der Waals surface area (Å²) in [5.74, 6) is 1.10. The number of benzene rings is 6. The molecule has 2 heterocycles. The average Bonchev–Trinajstić information content (AvgIpc) is 3.39. The Balaban J connectivity index is 0.000000177. The van der Waals surface area contributed by atoms with E-state index < -0.39 is 17.2 Å². The zero-order chi connectivity index (χ0) is 51.4. The van der Waals surface area contributed by atoms with Crippen LogP contribution in [0.5, 0.6) is 23.0 Å². The van der Waals surface area contributed by atoms with E-state index in [2.05, 4.69) is 35.6 Å². The van der Waals surface area contributed by atoms with Gasteiger partial charge in [-0.1, -0.05) is 91.0 Å². The molecule has 2 amide bonds. The first-order chi connectivity index (χ1) is 35.0. The number of nitrogens with zero attached hydrogens (tertiary/aromatic N) is 3. The van der Waals surface area contributed by atoms with Crippen LogP contribution in [0.1, 0.15) is 11.1 Å². The first-order valence-electron chi connectivity index (χ1n) is 22.1. The molecule has 17 nitrogen and oxygen atoms in total. The number of aromatic nitrogens is 4. The van der Waals surface area contributed by atoms with Gasteiger partial charge in [0, 0.05) is 67.8 Å². The Kier molecular flexibility index (Phi) is 19.2.